The maximum Gasteiger partial charge on any atom is 0.329 e. The number of carbonyl (C=O) groups is 8. The van der Waals surface area contributed by atoms with Gasteiger partial charge in [0.05, 0.1) is 39.8 Å². The molecule has 2 saturated heterocycles. The van der Waals surface area contributed by atoms with Crippen molar-refractivity contribution in [1.29, 1.82) is 0 Å². The zero-order chi connectivity index (χ0) is 58.2. The molecule has 3 unspecified atom stereocenters. The van der Waals surface area contributed by atoms with Crippen molar-refractivity contribution in [3.8, 4) is 34.5 Å². The highest BCUT2D eigenvalue weighted by Crippen LogP contribution is 2.42. The van der Waals surface area contributed by atoms with Gasteiger partial charge in [-0.2, -0.15) is 10.2 Å². The summed E-state index contributed by atoms with van der Waals surface area (Å²) >= 11 is 0. The largest absolute Gasteiger partial charge is 0.493 e. The lowest BCUT2D eigenvalue weighted by molar-refractivity contribution is -0.164. The minimum absolute atomic E-state index is 0.121. The topological polar surface area (TPSA) is 268 Å². The van der Waals surface area contributed by atoms with Crippen molar-refractivity contribution in [2.24, 2.45) is 15.6 Å². The third-order valence-corrected chi connectivity index (χ3v) is 14.6. The molecular formula is C59H71N7O15. The summed E-state index contributed by atoms with van der Waals surface area (Å²) in [6, 6.07) is 18.9. The van der Waals surface area contributed by atoms with Gasteiger partial charge in [0.15, 0.2) is 36.2 Å². The molecule has 0 radical (unpaired) electrons. The van der Waals surface area contributed by atoms with E-state index in [2.05, 4.69) is 26.2 Å². The van der Waals surface area contributed by atoms with Crippen molar-refractivity contribution < 1.29 is 71.5 Å². The Balaban J connectivity index is 0.875. The van der Waals surface area contributed by atoms with Crippen LogP contribution in [0.2, 0.25) is 0 Å². The molecule has 6 amide bonds. The number of esters is 1. The highest BCUT2D eigenvalue weighted by molar-refractivity contribution is 6.38. The van der Waals surface area contributed by atoms with E-state index in [0.717, 1.165) is 5.56 Å². The molecule has 3 aliphatic rings. The van der Waals surface area contributed by atoms with Gasteiger partial charge in [0.25, 0.3) is 23.6 Å². The number of aryl methyl sites for hydroxylation is 1. The van der Waals surface area contributed by atoms with Crippen molar-refractivity contribution in [3.63, 3.8) is 0 Å². The van der Waals surface area contributed by atoms with Crippen molar-refractivity contribution in [2.75, 3.05) is 61.3 Å². The molecule has 4 aromatic rings. The molecule has 3 aliphatic heterocycles. The summed E-state index contributed by atoms with van der Waals surface area (Å²) in [5.74, 6) is -1.74. The highest BCUT2D eigenvalue weighted by Gasteiger charge is 2.42. The molecule has 7 rings (SSSR count). The van der Waals surface area contributed by atoms with Crippen LogP contribution in [0.5, 0.6) is 34.5 Å². The van der Waals surface area contributed by atoms with Gasteiger partial charge in [0, 0.05) is 61.3 Å². The fourth-order valence-electron chi connectivity index (χ4n) is 9.59. The van der Waals surface area contributed by atoms with Crippen molar-refractivity contribution in [2.45, 2.75) is 110 Å². The minimum Gasteiger partial charge on any atom is -0.493 e. The lowest BCUT2D eigenvalue weighted by Crippen LogP contribution is -2.53. The van der Waals surface area contributed by atoms with Crippen LogP contribution in [0, 0.1) is 5.41 Å². The van der Waals surface area contributed by atoms with E-state index in [-0.39, 0.29) is 74.1 Å². The summed E-state index contributed by atoms with van der Waals surface area (Å²) in [4.78, 5) is 107. The van der Waals surface area contributed by atoms with Gasteiger partial charge in [0.2, 0.25) is 23.3 Å². The van der Waals surface area contributed by atoms with Crippen LogP contribution < -0.4 is 44.4 Å². The Bertz CT molecular complexity index is 2990. The van der Waals surface area contributed by atoms with Crippen LogP contribution in [0.25, 0.3) is 0 Å². The molecule has 81 heavy (non-hydrogen) atoms. The molecule has 0 aliphatic carbocycles. The first-order chi connectivity index (χ1) is 39.0. The van der Waals surface area contributed by atoms with Gasteiger partial charge >= 0.3 is 5.97 Å². The number of piperidine rings is 2. The third-order valence-electron chi connectivity index (χ3n) is 14.6. The van der Waals surface area contributed by atoms with Crippen molar-refractivity contribution in [3.05, 3.63) is 95.1 Å². The fraction of sp³-hybridized carbons (Fsp3) is 0.458. The predicted octanol–water partition coefficient (Wildman–Crippen LogP) is 6.97. The number of imide groups is 1. The van der Waals surface area contributed by atoms with E-state index in [1.54, 1.807) is 88.7 Å². The van der Waals surface area contributed by atoms with Gasteiger partial charge < -0.3 is 53.6 Å². The highest BCUT2D eigenvalue weighted by atomic mass is 16.6. The molecule has 22 heteroatoms. The molecule has 0 bridgehead atoms. The average molecular weight is 1120 g/mol. The Morgan fingerprint density at radius 1 is 0.765 bits per heavy atom. The number of carbonyl (C=O) groups excluding carboxylic acids is 8. The number of benzene rings is 4. The van der Waals surface area contributed by atoms with Gasteiger partial charge in [-0.1, -0.05) is 45.0 Å². The van der Waals surface area contributed by atoms with E-state index in [9.17, 15) is 38.4 Å². The number of amides is 6. The van der Waals surface area contributed by atoms with Gasteiger partial charge in [-0.25, -0.2) is 4.79 Å². The maximum atomic E-state index is 14.1. The first-order valence-corrected chi connectivity index (χ1v) is 27.1. The number of Topliss-reactive ketones (excluding diaryl/α,β-unsaturated/α-hetero) is 1. The number of ether oxygens (including phenoxy) is 7. The summed E-state index contributed by atoms with van der Waals surface area (Å²) in [7, 11) is 5.95. The number of azo groups is 1. The van der Waals surface area contributed by atoms with Crippen LogP contribution in [0.15, 0.2) is 83.0 Å². The normalized spacial score (nSPS) is 16.5. The Morgan fingerprint density at radius 3 is 2.11 bits per heavy atom. The van der Waals surface area contributed by atoms with E-state index >= 15 is 0 Å². The molecule has 4 aromatic carbocycles. The Morgan fingerprint density at radius 2 is 1.44 bits per heavy atom. The first-order valence-electron chi connectivity index (χ1n) is 27.1. The van der Waals surface area contributed by atoms with Crippen LogP contribution in [-0.2, 0) is 51.3 Å². The van der Waals surface area contributed by atoms with E-state index in [1.165, 1.54) is 24.0 Å². The molecule has 2 fully saturated rings. The molecular weight excluding hydrogens is 1050 g/mol. The lowest BCUT2D eigenvalue weighted by atomic mass is 9.84. The Kier molecular flexibility index (Phi) is 20.8. The number of methoxy groups -OCH3 is 4. The van der Waals surface area contributed by atoms with E-state index in [4.69, 9.17) is 33.2 Å². The van der Waals surface area contributed by atoms with E-state index in [1.807, 2.05) is 19.1 Å². The van der Waals surface area contributed by atoms with Crippen molar-refractivity contribution in [1.82, 2.24) is 25.8 Å². The third kappa shape index (κ3) is 15.2. The van der Waals surface area contributed by atoms with Gasteiger partial charge in [-0.05, 0) is 105 Å². The van der Waals surface area contributed by atoms with Crippen molar-refractivity contribution >= 4 is 58.6 Å². The molecule has 3 N–H and O–H groups in total. The summed E-state index contributed by atoms with van der Waals surface area (Å²) in [5.41, 5.74) is 2.36. The Hall–Kier alpha value is -8.56. The summed E-state index contributed by atoms with van der Waals surface area (Å²) in [6.07, 6.45) is 3.66. The molecule has 0 aromatic heterocycles. The van der Waals surface area contributed by atoms with Gasteiger partial charge in [0.1, 0.15) is 23.9 Å². The molecule has 3 atom stereocenters. The van der Waals surface area contributed by atoms with Crippen LogP contribution in [0.1, 0.15) is 112 Å². The second-order valence-electron chi connectivity index (χ2n) is 20.4. The summed E-state index contributed by atoms with van der Waals surface area (Å²) < 4.78 is 40.0. The number of rotatable bonds is 27. The average Bonchev–Trinajstić information content (AvgIpc) is 3.92. The molecule has 432 valence electrons. The summed E-state index contributed by atoms with van der Waals surface area (Å²) in [5, 5.41) is 16.7. The number of hydrogen-bond acceptors (Lipinski definition) is 17. The molecule has 22 nitrogen and oxygen atoms in total. The fourth-order valence-corrected chi connectivity index (χ4v) is 9.59. The number of fused-ring (bicyclic) bond motifs is 1. The predicted molar refractivity (Wildman–Crippen MR) is 294 cm³/mol. The number of likely N-dealkylation sites (tertiary alicyclic amines) is 1. The van der Waals surface area contributed by atoms with Gasteiger partial charge in [-0.15, -0.1) is 0 Å². The zero-order valence-electron chi connectivity index (χ0n) is 46.9. The Labute approximate surface area is 470 Å². The lowest BCUT2D eigenvalue weighted by Gasteiger charge is -2.36. The van der Waals surface area contributed by atoms with Crippen LogP contribution in [-0.4, -0.2) is 130 Å². The quantitative estimate of drug-likeness (QED) is 0.0179. The number of nitrogens with one attached hydrogen (secondary N) is 3. The van der Waals surface area contributed by atoms with Crippen LogP contribution in [0.3, 0.4) is 0 Å². The molecule has 0 spiro atoms. The molecule has 3 heterocycles. The van der Waals surface area contributed by atoms with E-state index in [0.29, 0.717) is 110 Å². The number of nitrogens with zero attached hydrogens (tertiary/aromatic N) is 4. The number of hydrogen-bond donors (Lipinski definition) is 3. The smallest absolute Gasteiger partial charge is 0.329 e. The van der Waals surface area contributed by atoms with Gasteiger partial charge in [-0.3, -0.25) is 38.9 Å². The van der Waals surface area contributed by atoms with Crippen LogP contribution >= 0.6 is 0 Å². The zero-order valence-corrected chi connectivity index (χ0v) is 46.9. The monoisotopic (exact) mass is 1120 g/mol. The first kappa shape index (κ1) is 60.1. The second kappa shape index (κ2) is 28.0. The standard InChI is InChI=1S/C59H71N7O15/c1-8-59(2,3)54(70)57(73)65-28-12-9-19-44(65)58(74)81-45(23-20-36-21-24-46(75-4)47(29-36)76-5)37-15-13-16-39(30-37)79-34-51(68)60-26-10-11-27-61-52(69)35-80-53-48(77-6)31-38(32-49(53)78-7)63-64-42-18-14-17-40-41(42)33-66(56(40)72)43-22-25-50(67)62-55(43)71/h13-18,21,24,29-32,43-45H,8-12,19-20,22-23,25-28,33-35H2,1-7H3,(H,60,68)(H,61,69)(H,62,67,71). The minimum atomic E-state index is -0.928. The molecule has 0 saturated carbocycles. The van der Waals surface area contributed by atoms with Crippen LogP contribution in [0.4, 0.5) is 11.4 Å². The SMILES string of the molecule is CCC(C)(C)C(=O)C(=O)N1CCCCC1C(=O)OC(CCc1ccc(OC)c(OC)c1)c1cccc(OCC(=O)NCCCCNC(=O)COc2c(OC)cc(N=Nc3cccc4c3CN(C3CCC(=O)NC3=O)C4=O)cc2OC)c1. The number of unbranched alkanes of at least 4 members (excludes halogenated alkanes) is 1. The number of ketones is 1. The second-order valence-corrected chi connectivity index (χ2v) is 20.4. The summed E-state index contributed by atoms with van der Waals surface area (Å²) in [6.45, 7) is 5.65. The maximum absolute atomic E-state index is 14.1. The van der Waals surface area contributed by atoms with E-state index < -0.39 is 53.1 Å².